The van der Waals surface area contributed by atoms with Crippen molar-refractivity contribution in [3.63, 3.8) is 0 Å². The van der Waals surface area contributed by atoms with E-state index in [1.165, 1.54) is 6.92 Å². The van der Waals surface area contributed by atoms with Gasteiger partial charge in [0.1, 0.15) is 0 Å². The lowest BCUT2D eigenvalue weighted by Crippen LogP contribution is -2.20. The van der Waals surface area contributed by atoms with Crippen LogP contribution in [0.4, 0.5) is 0 Å². The molecule has 0 radical (unpaired) electrons. The first-order chi connectivity index (χ1) is 9.18. The highest BCUT2D eigenvalue weighted by Crippen LogP contribution is 2.18. The molecule has 1 aromatic heterocycles. The monoisotopic (exact) mass is 252 g/mol. The van der Waals surface area contributed by atoms with E-state index in [1.807, 2.05) is 31.2 Å². The number of carbonyl (C=O) groups is 1. The highest BCUT2D eigenvalue weighted by atomic mass is 16.1. The number of carbonyl (C=O) groups excluding carboxylic acids is 1. The number of aryl methyl sites for hydroxylation is 1. The van der Waals surface area contributed by atoms with Crippen molar-refractivity contribution >= 4 is 16.8 Å². The first kappa shape index (κ1) is 13.1. The second-order valence-corrected chi connectivity index (χ2v) is 4.35. The molecule has 0 aliphatic heterocycles. The number of nitrogens with one attached hydrogen (secondary N) is 1. The minimum absolute atomic E-state index is 0.0205. The van der Waals surface area contributed by atoms with Crippen LogP contribution in [0.5, 0.6) is 0 Å². The predicted octanol–water partition coefficient (Wildman–Crippen LogP) is 2.42. The van der Waals surface area contributed by atoms with Crippen LogP contribution in [0.15, 0.2) is 30.5 Å². The quantitative estimate of drug-likeness (QED) is 0.659. The number of fused-ring (bicyclic) bond motifs is 1. The molecule has 96 valence electrons. The number of pyridine rings is 1. The summed E-state index contributed by atoms with van der Waals surface area (Å²) in [5.41, 5.74) is 3.09. The molecule has 0 bridgehead atoms. The average molecular weight is 252 g/mol. The molecule has 2 rings (SSSR count). The Labute approximate surface area is 113 Å². The summed E-state index contributed by atoms with van der Waals surface area (Å²) in [7, 11) is 0. The molecule has 0 saturated heterocycles. The fourth-order valence-corrected chi connectivity index (χ4v) is 1.89. The molecule has 1 amide bonds. The van der Waals surface area contributed by atoms with Crippen LogP contribution in [-0.4, -0.2) is 17.4 Å². The van der Waals surface area contributed by atoms with Gasteiger partial charge in [0.2, 0.25) is 5.91 Å². The molecule has 3 nitrogen and oxygen atoms in total. The minimum Gasteiger partial charge on any atom is -0.355 e. The molecule has 0 spiro atoms. The van der Waals surface area contributed by atoms with Crippen LogP contribution in [0.3, 0.4) is 0 Å². The van der Waals surface area contributed by atoms with E-state index < -0.39 is 0 Å². The molecule has 3 heteroatoms. The van der Waals surface area contributed by atoms with E-state index in [0.717, 1.165) is 22.0 Å². The summed E-state index contributed by atoms with van der Waals surface area (Å²) in [5, 5.41) is 3.85. The van der Waals surface area contributed by atoms with E-state index >= 15 is 0 Å². The number of amides is 1. The van der Waals surface area contributed by atoms with Gasteiger partial charge in [-0.15, -0.1) is 0 Å². The van der Waals surface area contributed by atoms with Crippen molar-refractivity contribution in [2.75, 3.05) is 6.54 Å². The Morgan fingerprint density at radius 1 is 1.37 bits per heavy atom. The molecule has 0 atom stereocenters. The number of rotatable bonds is 2. The third-order valence-corrected chi connectivity index (χ3v) is 2.87. The van der Waals surface area contributed by atoms with Gasteiger partial charge < -0.3 is 5.32 Å². The van der Waals surface area contributed by atoms with Gasteiger partial charge in [-0.2, -0.15) is 0 Å². The summed E-state index contributed by atoms with van der Waals surface area (Å²) in [6, 6.07) is 8.03. The van der Waals surface area contributed by atoms with Crippen molar-refractivity contribution in [1.29, 1.82) is 0 Å². The number of benzene rings is 1. The van der Waals surface area contributed by atoms with Gasteiger partial charge in [0.15, 0.2) is 0 Å². The summed E-state index contributed by atoms with van der Waals surface area (Å²) in [4.78, 5) is 15.1. The lowest BCUT2D eigenvalue weighted by molar-refractivity contribution is -0.118. The Kier molecular flexibility index (Phi) is 4.15. The third kappa shape index (κ3) is 3.32. The van der Waals surface area contributed by atoms with Crippen molar-refractivity contribution in [2.24, 2.45) is 0 Å². The first-order valence-electron chi connectivity index (χ1n) is 6.26. The minimum atomic E-state index is -0.0205. The molecule has 1 N–H and O–H groups in total. The van der Waals surface area contributed by atoms with Gasteiger partial charge in [0.05, 0.1) is 5.52 Å². The average Bonchev–Trinajstić information content (AvgIpc) is 2.41. The highest BCUT2D eigenvalue weighted by molar-refractivity contribution is 5.83. The molecule has 0 fully saturated rings. The molecule has 0 aliphatic carbocycles. The van der Waals surface area contributed by atoms with Crippen LogP contribution in [0, 0.1) is 18.8 Å². The molecular formula is C16H16N2O. The Morgan fingerprint density at radius 2 is 2.21 bits per heavy atom. The summed E-state index contributed by atoms with van der Waals surface area (Å²) >= 11 is 0. The maximum absolute atomic E-state index is 10.7. The second kappa shape index (κ2) is 6.01. The van der Waals surface area contributed by atoms with E-state index in [0.29, 0.717) is 13.0 Å². The summed E-state index contributed by atoms with van der Waals surface area (Å²) in [5.74, 6) is 6.19. The SMILES string of the molecule is CC(=O)NCCC#Cc1ccc2cccnc2c1C. The van der Waals surface area contributed by atoms with Gasteiger partial charge in [-0.1, -0.05) is 24.0 Å². The normalized spacial score (nSPS) is 9.79. The smallest absolute Gasteiger partial charge is 0.216 e. The van der Waals surface area contributed by atoms with Crippen LogP contribution >= 0.6 is 0 Å². The fourth-order valence-electron chi connectivity index (χ4n) is 1.89. The zero-order chi connectivity index (χ0) is 13.7. The zero-order valence-electron chi connectivity index (χ0n) is 11.2. The molecule has 19 heavy (non-hydrogen) atoms. The van der Waals surface area contributed by atoms with Gasteiger partial charge in [-0.25, -0.2) is 0 Å². The van der Waals surface area contributed by atoms with Crippen LogP contribution < -0.4 is 5.32 Å². The molecule has 2 aromatic rings. The maximum atomic E-state index is 10.7. The number of hydrogen-bond acceptors (Lipinski definition) is 2. The van der Waals surface area contributed by atoms with Crippen molar-refractivity contribution in [3.05, 3.63) is 41.6 Å². The van der Waals surface area contributed by atoms with Gasteiger partial charge in [0.25, 0.3) is 0 Å². The second-order valence-electron chi connectivity index (χ2n) is 4.35. The van der Waals surface area contributed by atoms with E-state index in [-0.39, 0.29) is 5.91 Å². The van der Waals surface area contributed by atoms with Gasteiger partial charge in [-0.05, 0) is 24.6 Å². The van der Waals surface area contributed by atoms with Crippen LogP contribution in [0.2, 0.25) is 0 Å². The fraction of sp³-hybridized carbons (Fsp3) is 0.250. The summed E-state index contributed by atoms with van der Waals surface area (Å²) in [6.45, 7) is 4.13. The third-order valence-electron chi connectivity index (χ3n) is 2.87. The summed E-state index contributed by atoms with van der Waals surface area (Å²) < 4.78 is 0. The van der Waals surface area contributed by atoms with Crippen molar-refractivity contribution in [2.45, 2.75) is 20.3 Å². The Balaban J connectivity index is 2.15. The molecule has 0 aliphatic rings. The van der Waals surface area contributed by atoms with E-state index in [2.05, 4.69) is 22.1 Å². The lowest BCUT2D eigenvalue weighted by atomic mass is 10.0. The van der Waals surface area contributed by atoms with Crippen molar-refractivity contribution < 1.29 is 4.79 Å². The molecule has 1 aromatic carbocycles. The Morgan fingerprint density at radius 3 is 3.00 bits per heavy atom. The van der Waals surface area contributed by atoms with Crippen LogP contribution in [0.1, 0.15) is 24.5 Å². The van der Waals surface area contributed by atoms with E-state index in [1.54, 1.807) is 6.20 Å². The predicted molar refractivity (Wildman–Crippen MR) is 76.7 cm³/mol. The first-order valence-corrected chi connectivity index (χ1v) is 6.26. The largest absolute Gasteiger partial charge is 0.355 e. The van der Waals surface area contributed by atoms with Crippen LogP contribution in [-0.2, 0) is 4.79 Å². The number of nitrogens with zero attached hydrogens (tertiary/aromatic N) is 1. The van der Waals surface area contributed by atoms with Gasteiger partial charge in [-0.3, -0.25) is 9.78 Å². The standard InChI is InChI=1S/C16H16N2O/c1-12-14(6-3-4-10-17-13(2)19)8-9-15-7-5-11-18-16(12)15/h5,7-9,11H,4,10H2,1-2H3,(H,17,19). The molecule has 0 unspecified atom stereocenters. The van der Waals surface area contributed by atoms with E-state index in [4.69, 9.17) is 0 Å². The molecular weight excluding hydrogens is 236 g/mol. The van der Waals surface area contributed by atoms with Gasteiger partial charge >= 0.3 is 0 Å². The lowest BCUT2D eigenvalue weighted by Gasteiger charge is -2.03. The van der Waals surface area contributed by atoms with Gasteiger partial charge in [0, 0.05) is 37.0 Å². The Hall–Kier alpha value is -2.34. The summed E-state index contributed by atoms with van der Waals surface area (Å²) in [6.07, 6.45) is 2.45. The van der Waals surface area contributed by atoms with E-state index in [9.17, 15) is 4.79 Å². The van der Waals surface area contributed by atoms with Crippen LogP contribution in [0.25, 0.3) is 10.9 Å². The highest BCUT2D eigenvalue weighted by Gasteiger charge is 2.01. The topological polar surface area (TPSA) is 42.0 Å². The maximum Gasteiger partial charge on any atom is 0.216 e. The molecule has 0 saturated carbocycles. The Bertz CT molecular complexity index is 665. The number of hydrogen-bond donors (Lipinski definition) is 1. The van der Waals surface area contributed by atoms with Crippen molar-refractivity contribution in [3.8, 4) is 11.8 Å². The van der Waals surface area contributed by atoms with Crippen molar-refractivity contribution in [1.82, 2.24) is 10.3 Å². The zero-order valence-corrected chi connectivity index (χ0v) is 11.2. The molecule has 1 heterocycles. The number of aromatic nitrogens is 1.